The lowest BCUT2D eigenvalue weighted by Crippen LogP contribution is -2.59. The number of piperidine rings is 1. The molecule has 0 bridgehead atoms. The summed E-state index contributed by atoms with van der Waals surface area (Å²) in [6, 6.07) is 3.71. The van der Waals surface area contributed by atoms with Gasteiger partial charge in [-0.15, -0.1) is 0 Å². The van der Waals surface area contributed by atoms with Crippen LogP contribution in [-0.4, -0.2) is 47.3 Å². The summed E-state index contributed by atoms with van der Waals surface area (Å²) in [5.41, 5.74) is -1.46. The maximum Gasteiger partial charge on any atom is 0.416 e. The molecule has 38 heavy (non-hydrogen) atoms. The highest BCUT2D eigenvalue weighted by molar-refractivity contribution is 5.99. The molecule has 0 aromatic heterocycles. The summed E-state index contributed by atoms with van der Waals surface area (Å²) >= 11 is 0. The number of carbonyl (C=O) groups is 3. The number of carbonyl (C=O) groups excluding carboxylic acids is 3. The van der Waals surface area contributed by atoms with E-state index >= 15 is 0 Å². The van der Waals surface area contributed by atoms with Crippen molar-refractivity contribution in [2.24, 2.45) is 22.7 Å². The highest BCUT2D eigenvalue weighted by atomic mass is 19.4. The average molecular weight is 531 g/mol. The first-order valence-electron chi connectivity index (χ1n) is 12.5. The predicted molar refractivity (Wildman–Crippen MR) is 134 cm³/mol. The van der Waals surface area contributed by atoms with Crippen LogP contribution >= 0.6 is 0 Å². The highest BCUT2D eigenvalue weighted by Crippen LogP contribution is 2.65. The number of amides is 3. The summed E-state index contributed by atoms with van der Waals surface area (Å²) < 4.78 is 38.3. The molecule has 3 rings (SSSR count). The SMILES string of the molecule is CC[C@@H](C#N)NC(=O)[C@@H]1[C@@H]2[C@H](CN1C(=O)[C@@H](NC(=O)C#Cc1ccc(C(F)(F)F)cc1)C(C)(C)C)C2(C)C. The lowest BCUT2D eigenvalue weighted by Gasteiger charge is -2.37. The molecule has 10 heteroatoms. The lowest BCUT2D eigenvalue weighted by atomic mass is 9.85. The number of likely N-dealkylation sites (tertiary alicyclic amines) is 1. The molecular weight excluding hydrogens is 497 g/mol. The first kappa shape index (κ1) is 29.0. The van der Waals surface area contributed by atoms with E-state index in [0.29, 0.717) is 13.0 Å². The molecule has 2 aliphatic rings. The molecule has 7 nitrogen and oxygen atoms in total. The van der Waals surface area contributed by atoms with Crippen LogP contribution in [0.25, 0.3) is 0 Å². The lowest BCUT2D eigenvalue weighted by molar-refractivity contribution is -0.145. The molecule has 1 aliphatic heterocycles. The number of rotatable bonds is 5. The molecule has 0 unspecified atom stereocenters. The van der Waals surface area contributed by atoms with Gasteiger partial charge >= 0.3 is 6.18 Å². The van der Waals surface area contributed by atoms with Gasteiger partial charge in [0.2, 0.25) is 11.8 Å². The van der Waals surface area contributed by atoms with Gasteiger partial charge in [0.15, 0.2) is 0 Å². The Bertz CT molecular complexity index is 1200. The van der Waals surface area contributed by atoms with E-state index < -0.39 is 47.1 Å². The zero-order valence-electron chi connectivity index (χ0n) is 22.4. The van der Waals surface area contributed by atoms with Crippen molar-refractivity contribution < 1.29 is 27.6 Å². The fourth-order valence-corrected chi connectivity index (χ4v) is 5.15. The number of halogens is 3. The topological polar surface area (TPSA) is 102 Å². The van der Waals surface area contributed by atoms with Crippen LogP contribution in [-0.2, 0) is 20.6 Å². The molecule has 0 radical (unpaired) electrons. The van der Waals surface area contributed by atoms with E-state index in [-0.39, 0.29) is 28.7 Å². The van der Waals surface area contributed by atoms with E-state index in [1.54, 1.807) is 27.7 Å². The maximum atomic E-state index is 13.8. The van der Waals surface area contributed by atoms with Crippen molar-refractivity contribution in [1.82, 2.24) is 15.5 Å². The Morgan fingerprint density at radius 2 is 1.74 bits per heavy atom. The molecule has 1 saturated carbocycles. The number of benzene rings is 1. The van der Waals surface area contributed by atoms with Crippen molar-refractivity contribution in [3.8, 4) is 17.9 Å². The molecule has 1 saturated heterocycles. The van der Waals surface area contributed by atoms with Crippen molar-refractivity contribution in [3.63, 3.8) is 0 Å². The number of hydrogen-bond acceptors (Lipinski definition) is 4. The van der Waals surface area contributed by atoms with E-state index in [4.69, 9.17) is 0 Å². The summed E-state index contributed by atoms with van der Waals surface area (Å²) in [5.74, 6) is 3.37. The third kappa shape index (κ3) is 5.96. The number of alkyl halides is 3. The van der Waals surface area contributed by atoms with Crippen LogP contribution in [0.5, 0.6) is 0 Å². The van der Waals surface area contributed by atoms with Gasteiger partial charge in [-0.3, -0.25) is 14.4 Å². The molecule has 1 aliphatic carbocycles. The molecule has 2 N–H and O–H groups in total. The molecule has 204 valence electrons. The molecule has 2 fully saturated rings. The molecule has 0 spiro atoms. The zero-order chi connectivity index (χ0) is 28.6. The molecule has 5 atom stereocenters. The second kappa shape index (κ2) is 10.3. The van der Waals surface area contributed by atoms with Gasteiger partial charge in [0.05, 0.1) is 11.6 Å². The predicted octanol–water partition coefficient (Wildman–Crippen LogP) is 3.49. The Labute approximate surface area is 221 Å². The van der Waals surface area contributed by atoms with E-state index in [2.05, 4.69) is 22.5 Å². The molecule has 1 aromatic carbocycles. The fourth-order valence-electron chi connectivity index (χ4n) is 5.15. The van der Waals surface area contributed by atoms with Gasteiger partial charge in [-0.2, -0.15) is 18.4 Å². The Morgan fingerprint density at radius 1 is 1.13 bits per heavy atom. The summed E-state index contributed by atoms with van der Waals surface area (Å²) in [5, 5.41) is 14.7. The fraction of sp³-hybridized carbons (Fsp3) is 0.571. The summed E-state index contributed by atoms with van der Waals surface area (Å²) in [7, 11) is 0. The van der Waals surface area contributed by atoms with Gasteiger partial charge in [-0.1, -0.05) is 47.5 Å². The largest absolute Gasteiger partial charge is 0.416 e. The van der Waals surface area contributed by atoms with Crippen LogP contribution in [0.4, 0.5) is 13.2 Å². The average Bonchev–Trinajstić information content (AvgIpc) is 3.16. The summed E-state index contributed by atoms with van der Waals surface area (Å²) in [6.07, 6.45) is -4.05. The van der Waals surface area contributed by atoms with E-state index in [9.17, 15) is 32.8 Å². The van der Waals surface area contributed by atoms with Crippen molar-refractivity contribution in [1.29, 1.82) is 5.26 Å². The van der Waals surface area contributed by atoms with Gasteiger partial charge in [0.25, 0.3) is 5.91 Å². The third-order valence-corrected chi connectivity index (χ3v) is 7.56. The van der Waals surface area contributed by atoms with Gasteiger partial charge in [0.1, 0.15) is 18.1 Å². The van der Waals surface area contributed by atoms with Crippen LogP contribution in [0.3, 0.4) is 0 Å². The first-order valence-corrected chi connectivity index (χ1v) is 12.5. The zero-order valence-corrected chi connectivity index (χ0v) is 22.4. The molecule has 1 aromatic rings. The highest BCUT2D eigenvalue weighted by Gasteiger charge is 2.69. The molecular formula is C28H33F3N4O3. The monoisotopic (exact) mass is 530 g/mol. The number of nitriles is 1. The second-order valence-electron chi connectivity index (χ2n) is 11.6. The quantitative estimate of drug-likeness (QED) is 0.569. The van der Waals surface area contributed by atoms with Crippen molar-refractivity contribution >= 4 is 17.7 Å². The number of nitrogens with one attached hydrogen (secondary N) is 2. The van der Waals surface area contributed by atoms with Crippen LogP contribution < -0.4 is 10.6 Å². The van der Waals surface area contributed by atoms with Crippen molar-refractivity contribution in [2.75, 3.05) is 6.54 Å². The normalized spacial score (nSPS) is 23.2. The molecule has 3 amide bonds. The minimum Gasteiger partial charge on any atom is -0.339 e. The van der Waals surface area contributed by atoms with Crippen molar-refractivity contribution in [2.45, 2.75) is 72.3 Å². The Morgan fingerprint density at radius 3 is 2.24 bits per heavy atom. The second-order valence-corrected chi connectivity index (χ2v) is 11.6. The third-order valence-electron chi connectivity index (χ3n) is 7.56. The Hall–Kier alpha value is -3.53. The molecule has 1 heterocycles. The van der Waals surface area contributed by atoms with Crippen LogP contribution in [0.2, 0.25) is 0 Å². The van der Waals surface area contributed by atoms with Gasteiger partial charge < -0.3 is 15.5 Å². The number of nitrogens with zero attached hydrogens (tertiary/aromatic N) is 2. The smallest absolute Gasteiger partial charge is 0.339 e. The Kier molecular flexibility index (Phi) is 7.89. The van der Waals surface area contributed by atoms with Crippen LogP contribution in [0.15, 0.2) is 24.3 Å². The standard InChI is InChI=1S/C28H33F3N4O3/c1-7-18(14-32)33-24(37)22-21-19(27(21,5)6)15-35(22)25(38)23(26(2,3)4)34-20(36)13-10-16-8-11-17(12-9-16)28(29,30)31/h8-9,11-12,18-19,21-23H,7,15H2,1-6H3,(H,33,37)(H,34,36)/t18-,19-,21-,22-,23+/m0/s1. The van der Waals surface area contributed by atoms with E-state index in [0.717, 1.165) is 12.1 Å². The Balaban J connectivity index is 1.79. The summed E-state index contributed by atoms with van der Waals surface area (Å²) in [4.78, 5) is 41.2. The maximum absolute atomic E-state index is 13.8. The first-order chi connectivity index (χ1) is 17.5. The van der Waals surface area contributed by atoms with Gasteiger partial charge in [0, 0.05) is 18.0 Å². The minimum atomic E-state index is -4.48. The van der Waals surface area contributed by atoms with E-state index in [1.165, 1.54) is 17.0 Å². The number of hydrogen-bond donors (Lipinski definition) is 2. The minimum absolute atomic E-state index is 0.0570. The number of fused-ring (bicyclic) bond motifs is 1. The van der Waals surface area contributed by atoms with Crippen LogP contribution in [0.1, 0.15) is 59.1 Å². The van der Waals surface area contributed by atoms with E-state index in [1.807, 2.05) is 19.9 Å². The van der Waals surface area contributed by atoms with Crippen molar-refractivity contribution in [3.05, 3.63) is 35.4 Å². The van der Waals surface area contributed by atoms with Crippen LogP contribution in [0, 0.1) is 45.8 Å². The van der Waals surface area contributed by atoms with Gasteiger partial charge in [-0.05, 0) is 53.4 Å². The summed E-state index contributed by atoms with van der Waals surface area (Å²) in [6.45, 7) is 11.6. The van der Waals surface area contributed by atoms with Gasteiger partial charge in [-0.25, -0.2) is 0 Å².